The Morgan fingerprint density at radius 2 is 2.20 bits per heavy atom. The summed E-state index contributed by atoms with van der Waals surface area (Å²) in [6, 6.07) is 5.12. The fourth-order valence-electron chi connectivity index (χ4n) is 2.18. The summed E-state index contributed by atoms with van der Waals surface area (Å²) in [5, 5.41) is 12.1. The number of hydrogen-bond donors (Lipinski definition) is 2. The van der Waals surface area contributed by atoms with Crippen LogP contribution in [0.25, 0.3) is 0 Å². The average Bonchev–Trinajstić information content (AvgIpc) is 2.88. The van der Waals surface area contributed by atoms with Crippen molar-refractivity contribution >= 4 is 23.5 Å². The molecule has 6 heteroatoms. The van der Waals surface area contributed by atoms with Gasteiger partial charge in [-0.15, -0.1) is 0 Å². The SMILES string of the molecule is Cc1ccc(Cl)cc1C(=O)NCC1CCC(C(=O)O)O1. The molecule has 1 fully saturated rings. The molecule has 1 heterocycles. The largest absolute Gasteiger partial charge is 0.479 e. The first kappa shape index (κ1) is 14.8. The number of carboxylic acids is 1. The molecule has 0 aromatic heterocycles. The van der Waals surface area contributed by atoms with Crippen LogP contribution < -0.4 is 5.32 Å². The first-order chi connectivity index (χ1) is 9.47. The Kier molecular flexibility index (Phi) is 4.62. The fourth-order valence-corrected chi connectivity index (χ4v) is 2.35. The van der Waals surface area contributed by atoms with E-state index in [0.29, 0.717) is 30.0 Å². The molecule has 5 nitrogen and oxygen atoms in total. The van der Waals surface area contributed by atoms with E-state index < -0.39 is 12.1 Å². The first-order valence-electron chi connectivity index (χ1n) is 6.40. The lowest BCUT2D eigenvalue weighted by atomic mass is 10.1. The van der Waals surface area contributed by atoms with E-state index in [1.807, 2.05) is 6.92 Å². The number of halogens is 1. The number of aliphatic carboxylic acids is 1. The van der Waals surface area contributed by atoms with Gasteiger partial charge in [-0.1, -0.05) is 17.7 Å². The van der Waals surface area contributed by atoms with Crippen LogP contribution in [0.4, 0.5) is 0 Å². The van der Waals surface area contributed by atoms with Crippen LogP contribution in [0.5, 0.6) is 0 Å². The molecule has 0 spiro atoms. The Morgan fingerprint density at radius 3 is 2.85 bits per heavy atom. The van der Waals surface area contributed by atoms with E-state index in [2.05, 4.69) is 5.32 Å². The number of carbonyl (C=O) groups excluding carboxylic acids is 1. The summed E-state index contributed by atoms with van der Waals surface area (Å²) in [7, 11) is 0. The van der Waals surface area contributed by atoms with Crippen molar-refractivity contribution in [2.45, 2.75) is 32.0 Å². The number of amides is 1. The second-order valence-electron chi connectivity index (χ2n) is 4.83. The van der Waals surface area contributed by atoms with Gasteiger partial charge in [-0.25, -0.2) is 4.79 Å². The maximum Gasteiger partial charge on any atom is 0.332 e. The summed E-state index contributed by atoms with van der Waals surface area (Å²) in [6.45, 7) is 2.13. The Hall–Kier alpha value is -1.59. The number of ether oxygens (including phenoxy) is 1. The molecular formula is C14H16ClNO4. The van der Waals surface area contributed by atoms with Crippen molar-refractivity contribution in [3.63, 3.8) is 0 Å². The van der Waals surface area contributed by atoms with Gasteiger partial charge in [-0.05, 0) is 37.5 Å². The third-order valence-electron chi connectivity index (χ3n) is 3.32. The zero-order valence-corrected chi connectivity index (χ0v) is 11.8. The van der Waals surface area contributed by atoms with Gasteiger partial charge in [-0.2, -0.15) is 0 Å². The molecule has 1 aromatic rings. The van der Waals surface area contributed by atoms with Crippen molar-refractivity contribution in [3.05, 3.63) is 34.3 Å². The summed E-state index contributed by atoms with van der Waals surface area (Å²) in [6.07, 6.45) is 0.0991. The van der Waals surface area contributed by atoms with Crippen molar-refractivity contribution in [2.75, 3.05) is 6.54 Å². The zero-order chi connectivity index (χ0) is 14.7. The number of carbonyl (C=O) groups is 2. The van der Waals surface area contributed by atoms with Gasteiger partial charge in [-0.3, -0.25) is 4.79 Å². The highest BCUT2D eigenvalue weighted by Crippen LogP contribution is 2.20. The summed E-state index contributed by atoms with van der Waals surface area (Å²) < 4.78 is 5.32. The highest BCUT2D eigenvalue weighted by Gasteiger charge is 2.30. The van der Waals surface area contributed by atoms with Crippen LogP contribution in [0.1, 0.15) is 28.8 Å². The van der Waals surface area contributed by atoms with E-state index in [4.69, 9.17) is 21.4 Å². The molecule has 2 atom stereocenters. The van der Waals surface area contributed by atoms with E-state index in [9.17, 15) is 9.59 Å². The normalized spacial score (nSPS) is 21.7. The van der Waals surface area contributed by atoms with Crippen molar-refractivity contribution in [1.82, 2.24) is 5.32 Å². The lowest BCUT2D eigenvalue weighted by Crippen LogP contribution is -2.33. The molecule has 2 unspecified atom stereocenters. The quantitative estimate of drug-likeness (QED) is 0.891. The molecule has 1 aliphatic heterocycles. The van der Waals surface area contributed by atoms with Crippen molar-refractivity contribution in [2.24, 2.45) is 0 Å². The molecule has 20 heavy (non-hydrogen) atoms. The third-order valence-corrected chi connectivity index (χ3v) is 3.55. The second-order valence-corrected chi connectivity index (χ2v) is 5.27. The molecule has 1 amide bonds. The number of benzene rings is 1. The number of hydrogen-bond acceptors (Lipinski definition) is 3. The summed E-state index contributed by atoms with van der Waals surface area (Å²) >= 11 is 5.87. The Bertz CT molecular complexity index is 532. The van der Waals surface area contributed by atoms with Crippen LogP contribution in [-0.2, 0) is 9.53 Å². The van der Waals surface area contributed by atoms with Gasteiger partial charge < -0.3 is 15.2 Å². The lowest BCUT2D eigenvalue weighted by Gasteiger charge is -2.13. The Morgan fingerprint density at radius 1 is 1.45 bits per heavy atom. The summed E-state index contributed by atoms with van der Waals surface area (Å²) in [5.74, 6) is -1.18. The lowest BCUT2D eigenvalue weighted by molar-refractivity contribution is -0.149. The van der Waals surface area contributed by atoms with Crippen LogP contribution in [-0.4, -0.2) is 35.7 Å². The van der Waals surface area contributed by atoms with E-state index in [1.54, 1.807) is 18.2 Å². The highest BCUT2D eigenvalue weighted by molar-refractivity contribution is 6.31. The molecule has 108 valence electrons. The van der Waals surface area contributed by atoms with Gasteiger partial charge in [0.25, 0.3) is 5.91 Å². The van der Waals surface area contributed by atoms with Crippen LogP contribution in [0, 0.1) is 6.92 Å². The molecule has 1 aromatic carbocycles. The zero-order valence-electron chi connectivity index (χ0n) is 11.1. The van der Waals surface area contributed by atoms with Crippen LogP contribution >= 0.6 is 11.6 Å². The van der Waals surface area contributed by atoms with Gasteiger partial charge in [0, 0.05) is 17.1 Å². The molecule has 0 saturated carbocycles. The third kappa shape index (κ3) is 3.49. The number of nitrogens with one attached hydrogen (secondary N) is 1. The van der Waals surface area contributed by atoms with Crippen LogP contribution in [0.3, 0.4) is 0 Å². The standard InChI is InChI=1S/C14H16ClNO4/c1-8-2-3-9(15)6-11(8)13(17)16-7-10-4-5-12(20-10)14(18)19/h2-3,6,10,12H,4-5,7H2,1H3,(H,16,17)(H,18,19). The summed E-state index contributed by atoms with van der Waals surface area (Å²) in [5.41, 5.74) is 1.35. The molecule has 0 radical (unpaired) electrons. The molecule has 1 saturated heterocycles. The second kappa shape index (κ2) is 6.24. The van der Waals surface area contributed by atoms with E-state index in [0.717, 1.165) is 5.56 Å². The number of rotatable bonds is 4. The van der Waals surface area contributed by atoms with Crippen molar-refractivity contribution < 1.29 is 19.4 Å². The van der Waals surface area contributed by atoms with Crippen LogP contribution in [0.15, 0.2) is 18.2 Å². The van der Waals surface area contributed by atoms with E-state index >= 15 is 0 Å². The molecule has 0 aliphatic carbocycles. The van der Waals surface area contributed by atoms with E-state index in [-0.39, 0.29) is 12.0 Å². The molecule has 2 rings (SSSR count). The van der Waals surface area contributed by atoms with Crippen molar-refractivity contribution in [3.8, 4) is 0 Å². The number of carboxylic acid groups (broad SMARTS) is 1. The highest BCUT2D eigenvalue weighted by atomic mass is 35.5. The predicted molar refractivity (Wildman–Crippen MR) is 74.1 cm³/mol. The minimum atomic E-state index is -0.954. The van der Waals surface area contributed by atoms with Crippen molar-refractivity contribution in [1.29, 1.82) is 0 Å². The molecule has 0 bridgehead atoms. The van der Waals surface area contributed by atoms with Crippen LogP contribution in [0.2, 0.25) is 5.02 Å². The topological polar surface area (TPSA) is 75.6 Å². The van der Waals surface area contributed by atoms with Gasteiger partial charge in [0.1, 0.15) is 0 Å². The maximum atomic E-state index is 12.0. The first-order valence-corrected chi connectivity index (χ1v) is 6.78. The summed E-state index contributed by atoms with van der Waals surface area (Å²) in [4.78, 5) is 22.8. The van der Waals surface area contributed by atoms with Gasteiger partial charge in [0.2, 0.25) is 0 Å². The monoisotopic (exact) mass is 297 g/mol. The molecule has 2 N–H and O–H groups in total. The smallest absolute Gasteiger partial charge is 0.332 e. The fraction of sp³-hybridized carbons (Fsp3) is 0.429. The predicted octanol–water partition coefficient (Wildman–Crippen LogP) is 2.01. The molecular weight excluding hydrogens is 282 g/mol. The van der Waals surface area contributed by atoms with Gasteiger partial charge in [0.05, 0.1) is 6.10 Å². The van der Waals surface area contributed by atoms with Gasteiger partial charge in [0.15, 0.2) is 6.10 Å². The van der Waals surface area contributed by atoms with E-state index in [1.165, 1.54) is 0 Å². The van der Waals surface area contributed by atoms with Gasteiger partial charge >= 0.3 is 5.97 Å². The maximum absolute atomic E-state index is 12.0. The average molecular weight is 298 g/mol. The Balaban J connectivity index is 1.90. The minimum absolute atomic E-state index is 0.229. The number of aryl methyl sites for hydroxylation is 1. The Labute approximate surface area is 121 Å². The molecule has 1 aliphatic rings. The minimum Gasteiger partial charge on any atom is -0.479 e.